The lowest BCUT2D eigenvalue weighted by Crippen LogP contribution is -2.40. The molecule has 0 aromatic heterocycles. The quantitative estimate of drug-likeness (QED) is 0.740. The number of methoxy groups -OCH3 is 1. The van der Waals surface area contributed by atoms with Crippen LogP contribution in [0.3, 0.4) is 0 Å². The minimum atomic E-state index is -0.667. The maximum Gasteiger partial charge on any atom is 0.169 e. The van der Waals surface area contributed by atoms with E-state index in [1.807, 2.05) is 30.3 Å². The second kappa shape index (κ2) is 4.15. The Morgan fingerprint density at radius 2 is 1.93 bits per heavy atom. The van der Waals surface area contributed by atoms with Crippen molar-refractivity contribution in [2.24, 2.45) is 0 Å². The van der Waals surface area contributed by atoms with Crippen LogP contribution in [-0.4, -0.2) is 12.9 Å². The molecule has 1 atom stereocenters. The summed E-state index contributed by atoms with van der Waals surface area (Å²) < 4.78 is 5.53. The zero-order valence-electron chi connectivity index (χ0n) is 9.03. The summed E-state index contributed by atoms with van der Waals surface area (Å²) in [5, 5.41) is 0. The Morgan fingerprint density at radius 1 is 1.20 bits per heavy atom. The van der Waals surface area contributed by atoms with Gasteiger partial charge in [-0.1, -0.05) is 30.3 Å². The highest BCUT2D eigenvalue weighted by Gasteiger charge is 2.41. The van der Waals surface area contributed by atoms with E-state index >= 15 is 0 Å². The summed E-state index contributed by atoms with van der Waals surface area (Å²) in [5.41, 5.74) is 0.330. The van der Waals surface area contributed by atoms with Gasteiger partial charge in [0.2, 0.25) is 0 Å². The number of hydrogen-bond acceptors (Lipinski definition) is 2. The van der Waals surface area contributed by atoms with Gasteiger partial charge in [0.1, 0.15) is 0 Å². The van der Waals surface area contributed by atoms with Gasteiger partial charge in [-0.15, -0.1) is 0 Å². The SMILES string of the molecule is COC1(c2ccccc2)CCCCC1=O. The van der Waals surface area contributed by atoms with Crippen molar-refractivity contribution in [3.05, 3.63) is 35.9 Å². The molecular formula is C13H16O2. The molecule has 0 aliphatic heterocycles. The van der Waals surface area contributed by atoms with Gasteiger partial charge in [-0.05, 0) is 24.8 Å². The second-order valence-corrected chi connectivity index (χ2v) is 4.03. The van der Waals surface area contributed by atoms with Gasteiger partial charge in [-0.3, -0.25) is 4.79 Å². The van der Waals surface area contributed by atoms with Gasteiger partial charge in [0, 0.05) is 13.5 Å². The summed E-state index contributed by atoms with van der Waals surface area (Å²) in [5.74, 6) is 0.224. The molecule has 1 fully saturated rings. The van der Waals surface area contributed by atoms with Gasteiger partial charge in [-0.2, -0.15) is 0 Å². The van der Waals surface area contributed by atoms with Crippen molar-refractivity contribution in [3.63, 3.8) is 0 Å². The minimum Gasteiger partial charge on any atom is -0.366 e. The van der Waals surface area contributed by atoms with E-state index in [-0.39, 0.29) is 5.78 Å². The third kappa shape index (κ3) is 1.70. The van der Waals surface area contributed by atoms with Crippen LogP contribution in [0.1, 0.15) is 31.2 Å². The molecule has 0 saturated heterocycles. The van der Waals surface area contributed by atoms with Gasteiger partial charge < -0.3 is 4.74 Å². The fourth-order valence-corrected chi connectivity index (χ4v) is 2.35. The van der Waals surface area contributed by atoms with E-state index in [0.717, 1.165) is 24.8 Å². The smallest absolute Gasteiger partial charge is 0.169 e. The highest BCUT2D eigenvalue weighted by molar-refractivity contribution is 5.89. The van der Waals surface area contributed by atoms with Gasteiger partial charge in [-0.25, -0.2) is 0 Å². The molecule has 0 bridgehead atoms. The first-order valence-corrected chi connectivity index (χ1v) is 5.43. The Kier molecular flexibility index (Phi) is 2.87. The highest BCUT2D eigenvalue weighted by atomic mass is 16.5. The Labute approximate surface area is 90.3 Å². The molecule has 15 heavy (non-hydrogen) atoms. The molecule has 0 N–H and O–H groups in total. The fourth-order valence-electron chi connectivity index (χ4n) is 2.35. The standard InChI is InChI=1S/C13H16O2/c1-15-13(10-6-5-9-12(13)14)11-7-3-2-4-8-11/h2-4,7-8H,5-6,9-10H2,1H3. The van der Waals surface area contributed by atoms with Crippen LogP contribution in [0.4, 0.5) is 0 Å². The Hall–Kier alpha value is -1.15. The van der Waals surface area contributed by atoms with Gasteiger partial charge in [0.25, 0.3) is 0 Å². The van der Waals surface area contributed by atoms with Crippen molar-refractivity contribution < 1.29 is 9.53 Å². The molecule has 2 heteroatoms. The predicted molar refractivity (Wildman–Crippen MR) is 58.6 cm³/mol. The minimum absolute atomic E-state index is 0.224. The zero-order valence-corrected chi connectivity index (χ0v) is 9.03. The summed E-state index contributed by atoms with van der Waals surface area (Å²) in [6.07, 6.45) is 3.51. The number of ketones is 1. The summed E-state index contributed by atoms with van der Waals surface area (Å²) in [6, 6.07) is 9.83. The van der Waals surface area contributed by atoms with Gasteiger partial charge in [0.05, 0.1) is 0 Å². The van der Waals surface area contributed by atoms with Crippen molar-refractivity contribution >= 4 is 5.78 Å². The van der Waals surface area contributed by atoms with E-state index in [0.29, 0.717) is 6.42 Å². The number of benzene rings is 1. The van der Waals surface area contributed by atoms with E-state index in [9.17, 15) is 4.79 Å². The summed E-state index contributed by atoms with van der Waals surface area (Å²) in [4.78, 5) is 12.0. The van der Waals surface area contributed by atoms with Crippen LogP contribution < -0.4 is 0 Å². The Morgan fingerprint density at radius 3 is 2.53 bits per heavy atom. The second-order valence-electron chi connectivity index (χ2n) is 4.03. The molecule has 2 nitrogen and oxygen atoms in total. The summed E-state index contributed by atoms with van der Waals surface area (Å²) in [7, 11) is 1.64. The molecule has 0 radical (unpaired) electrons. The highest BCUT2D eigenvalue weighted by Crippen LogP contribution is 2.37. The first-order valence-electron chi connectivity index (χ1n) is 5.43. The molecule has 1 unspecified atom stereocenters. The normalized spacial score (nSPS) is 26.6. The van der Waals surface area contributed by atoms with Crippen LogP contribution in [0, 0.1) is 0 Å². The molecular weight excluding hydrogens is 188 g/mol. The predicted octanol–water partition coefficient (Wildman–Crippen LogP) is 2.67. The molecule has 0 amide bonds. The lowest BCUT2D eigenvalue weighted by atomic mass is 9.78. The van der Waals surface area contributed by atoms with Crippen molar-refractivity contribution in [2.75, 3.05) is 7.11 Å². The number of rotatable bonds is 2. The monoisotopic (exact) mass is 204 g/mol. The van der Waals surface area contributed by atoms with E-state index in [1.165, 1.54) is 0 Å². The van der Waals surface area contributed by atoms with E-state index < -0.39 is 5.60 Å². The lowest BCUT2D eigenvalue weighted by molar-refractivity contribution is -0.146. The Balaban J connectivity index is 2.40. The molecule has 1 aromatic carbocycles. The summed E-state index contributed by atoms with van der Waals surface area (Å²) >= 11 is 0. The molecule has 1 aliphatic rings. The number of Topliss-reactive ketones (excluding diaryl/α,β-unsaturated/α-hetero) is 1. The van der Waals surface area contributed by atoms with E-state index in [1.54, 1.807) is 7.11 Å². The van der Waals surface area contributed by atoms with Crippen LogP contribution in [0.25, 0.3) is 0 Å². The van der Waals surface area contributed by atoms with Crippen LogP contribution in [0.2, 0.25) is 0 Å². The first-order chi connectivity index (χ1) is 7.29. The van der Waals surface area contributed by atoms with Gasteiger partial charge in [0.15, 0.2) is 11.4 Å². The van der Waals surface area contributed by atoms with Crippen LogP contribution in [0.5, 0.6) is 0 Å². The molecule has 1 aliphatic carbocycles. The lowest BCUT2D eigenvalue weighted by Gasteiger charge is -2.34. The molecule has 2 rings (SSSR count). The van der Waals surface area contributed by atoms with Crippen LogP contribution >= 0.6 is 0 Å². The van der Waals surface area contributed by atoms with Crippen LogP contribution in [-0.2, 0) is 15.1 Å². The summed E-state index contributed by atoms with van der Waals surface area (Å²) in [6.45, 7) is 0. The molecule has 80 valence electrons. The topological polar surface area (TPSA) is 26.3 Å². The average molecular weight is 204 g/mol. The molecule has 1 aromatic rings. The maximum absolute atomic E-state index is 12.0. The largest absolute Gasteiger partial charge is 0.366 e. The third-order valence-corrected chi connectivity index (χ3v) is 3.22. The van der Waals surface area contributed by atoms with Crippen molar-refractivity contribution in [2.45, 2.75) is 31.3 Å². The average Bonchev–Trinajstić information content (AvgIpc) is 2.31. The van der Waals surface area contributed by atoms with E-state index in [4.69, 9.17) is 4.74 Å². The molecule has 0 heterocycles. The number of carbonyl (C=O) groups excluding carboxylic acids is 1. The zero-order chi connectivity index (χ0) is 10.7. The van der Waals surface area contributed by atoms with Crippen molar-refractivity contribution in [3.8, 4) is 0 Å². The Bertz CT molecular complexity index is 345. The number of carbonyl (C=O) groups is 1. The third-order valence-electron chi connectivity index (χ3n) is 3.22. The number of ether oxygens (including phenoxy) is 1. The molecule has 0 spiro atoms. The van der Waals surface area contributed by atoms with Crippen LogP contribution in [0.15, 0.2) is 30.3 Å². The number of hydrogen-bond donors (Lipinski definition) is 0. The maximum atomic E-state index is 12.0. The molecule has 1 saturated carbocycles. The first kappa shape index (κ1) is 10.4. The van der Waals surface area contributed by atoms with E-state index in [2.05, 4.69) is 0 Å². The fraction of sp³-hybridized carbons (Fsp3) is 0.462. The van der Waals surface area contributed by atoms with Gasteiger partial charge >= 0.3 is 0 Å². The van der Waals surface area contributed by atoms with Crippen molar-refractivity contribution in [1.82, 2.24) is 0 Å². The van der Waals surface area contributed by atoms with Crippen molar-refractivity contribution in [1.29, 1.82) is 0 Å².